The molecule has 1 aliphatic heterocycles. The van der Waals surface area contributed by atoms with E-state index in [4.69, 9.17) is 9.15 Å². The van der Waals surface area contributed by atoms with Crippen molar-refractivity contribution in [1.29, 1.82) is 0 Å². The van der Waals surface area contributed by atoms with Crippen molar-refractivity contribution in [3.8, 4) is 5.75 Å². The Morgan fingerprint density at radius 1 is 1.24 bits per heavy atom. The number of aryl methyl sites for hydroxylation is 2. The smallest absolute Gasteiger partial charge is 0.197 e. The van der Waals surface area contributed by atoms with Gasteiger partial charge in [-0.2, -0.15) is 0 Å². The minimum Gasteiger partial charge on any atom is -0.490 e. The predicted molar refractivity (Wildman–Crippen MR) is 97.1 cm³/mol. The fraction of sp³-hybridized carbons (Fsp3) is 0.550. The molecule has 2 heterocycles. The van der Waals surface area contributed by atoms with Crippen molar-refractivity contribution in [2.45, 2.75) is 45.6 Å². The number of nitrogens with zero attached hydrogens (tertiary/aromatic N) is 2. The lowest BCUT2D eigenvalue weighted by Crippen LogP contribution is -2.40. The number of aromatic nitrogens is 1. The summed E-state index contributed by atoms with van der Waals surface area (Å²) in [5.74, 6) is 2.15. The van der Waals surface area contributed by atoms with Crippen LogP contribution in [0.5, 0.6) is 5.75 Å². The standard InChI is InChI=1S/C20H28N2O3/c1-14-4-5-15(2)19(16(14)3)25-13-18(23)12-22-9-6-17(7-10-22)20-21-8-11-24-20/h4-5,8,11,17-18,23H,6-7,9-10,12-13H2,1-3H3/t18-/m1/s1. The van der Waals surface area contributed by atoms with E-state index in [-0.39, 0.29) is 0 Å². The maximum Gasteiger partial charge on any atom is 0.197 e. The summed E-state index contributed by atoms with van der Waals surface area (Å²) in [5.41, 5.74) is 3.48. The summed E-state index contributed by atoms with van der Waals surface area (Å²) in [6.45, 7) is 9.06. The molecule has 0 amide bonds. The minimum absolute atomic E-state index is 0.324. The highest BCUT2D eigenvalue weighted by molar-refractivity contribution is 5.44. The molecule has 0 bridgehead atoms. The fourth-order valence-corrected chi connectivity index (χ4v) is 3.48. The third kappa shape index (κ3) is 4.41. The number of benzene rings is 1. The third-order valence-electron chi connectivity index (χ3n) is 5.15. The Kier molecular flexibility index (Phi) is 5.76. The molecular weight excluding hydrogens is 316 g/mol. The van der Waals surface area contributed by atoms with Gasteiger partial charge in [-0.25, -0.2) is 4.98 Å². The molecule has 0 spiro atoms. The summed E-state index contributed by atoms with van der Waals surface area (Å²) in [4.78, 5) is 6.55. The van der Waals surface area contributed by atoms with E-state index >= 15 is 0 Å². The molecule has 0 saturated carbocycles. The van der Waals surface area contributed by atoms with Crippen LogP contribution >= 0.6 is 0 Å². The van der Waals surface area contributed by atoms with Crippen LogP contribution in [-0.4, -0.2) is 47.3 Å². The van der Waals surface area contributed by atoms with Gasteiger partial charge in [0.2, 0.25) is 0 Å². The van der Waals surface area contributed by atoms with Crippen LogP contribution in [-0.2, 0) is 0 Å². The van der Waals surface area contributed by atoms with Crippen LogP contribution in [0.4, 0.5) is 0 Å². The second-order valence-electron chi connectivity index (χ2n) is 7.06. The fourth-order valence-electron chi connectivity index (χ4n) is 3.48. The highest BCUT2D eigenvalue weighted by atomic mass is 16.5. The molecule has 1 saturated heterocycles. The van der Waals surface area contributed by atoms with E-state index in [0.29, 0.717) is 19.1 Å². The Morgan fingerprint density at radius 2 is 1.96 bits per heavy atom. The van der Waals surface area contributed by atoms with Gasteiger partial charge in [-0.05, 0) is 63.4 Å². The van der Waals surface area contributed by atoms with Gasteiger partial charge in [-0.15, -0.1) is 0 Å². The van der Waals surface area contributed by atoms with Crippen LogP contribution in [0.3, 0.4) is 0 Å². The molecule has 2 aromatic rings. The van der Waals surface area contributed by atoms with Gasteiger partial charge in [-0.1, -0.05) is 12.1 Å². The quantitative estimate of drug-likeness (QED) is 0.872. The number of rotatable bonds is 6. The molecule has 0 unspecified atom stereocenters. The molecule has 1 N–H and O–H groups in total. The van der Waals surface area contributed by atoms with Gasteiger partial charge >= 0.3 is 0 Å². The van der Waals surface area contributed by atoms with E-state index in [1.165, 1.54) is 5.56 Å². The number of hydrogen-bond donors (Lipinski definition) is 1. The van der Waals surface area contributed by atoms with E-state index in [1.807, 2.05) is 6.92 Å². The molecule has 5 nitrogen and oxygen atoms in total. The lowest BCUT2D eigenvalue weighted by atomic mass is 9.96. The van der Waals surface area contributed by atoms with Gasteiger partial charge in [0.15, 0.2) is 5.89 Å². The molecule has 0 aliphatic carbocycles. The van der Waals surface area contributed by atoms with Gasteiger partial charge in [0, 0.05) is 12.5 Å². The molecule has 25 heavy (non-hydrogen) atoms. The van der Waals surface area contributed by atoms with Crippen molar-refractivity contribution >= 4 is 0 Å². The lowest BCUT2D eigenvalue weighted by molar-refractivity contribution is 0.0578. The van der Waals surface area contributed by atoms with Crippen LogP contribution in [0.15, 0.2) is 29.0 Å². The molecule has 1 aromatic heterocycles. The van der Waals surface area contributed by atoms with Gasteiger partial charge < -0.3 is 19.2 Å². The SMILES string of the molecule is Cc1ccc(C)c(OC[C@H](O)CN2CCC(c3ncco3)CC2)c1C. The molecule has 1 aliphatic rings. The highest BCUT2D eigenvalue weighted by Crippen LogP contribution is 2.27. The van der Waals surface area contributed by atoms with E-state index < -0.39 is 6.10 Å². The second-order valence-corrected chi connectivity index (χ2v) is 7.06. The molecule has 0 radical (unpaired) electrons. The first-order valence-corrected chi connectivity index (χ1v) is 9.04. The maximum absolute atomic E-state index is 10.4. The van der Waals surface area contributed by atoms with Crippen molar-refractivity contribution in [1.82, 2.24) is 9.88 Å². The van der Waals surface area contributed by atoms with Crippen molar-refractivity contribution in [2.24, 2.45) is 0 Å². The van der Waals surface area contributed by atoms with E-state index in [0.717, 1.165) is 48.7 Å². The van der Waals surface area contributed by atoms with Crippen LogP contribution < -0.4 is 4.74 Å². The van der Waals surface area contributed by atoms with Crippen LogP contribution in [0.2, 0.25) is 0 Å². The maximum atomic E-state index is 10.4. The number of aliphatic hydroxyl groups is 1. The summed E-state index contributed by atoms with van der Waals surface area (Å²) < 4.78 is 11.3. The Bertz CT molecular complexity index is 676. The van der Waals surface area contributed by atoms with Crippen LogP contribution in [0, 0.1) is 20.8 Å². The summed E-state index contributed by atoms with van der Waals surface area (Å²) >= 11 is 0. The number of aliphatic hydroxyl groups excluding tert-OH is 1. The molecule has 3 rings (SSSR count). The number of oxazole rings is 1. The summed E-state index contributed by atoms with van der Waals surface area (Å²) in [6.07, 6.45) is 4.89. The molecule has 1 fully saturated rings. The van der Waals surface area contributed by atoms with Gasteiger partial charge in [-0.3, -0.25) is 0 Å². The summed E-state index contributed by atoms with van der Waals surface area (Å²) in [5, 5.41) is 10.4. The number of likely N-dealkylation sites (tertiary alicyclic amines) is 1. The van der Waals surface area contributed by atoms with Crippen LogP contribution in [0.25, 0.3) is 0 Å². The zero-order valence-electron chi connectivity index (χ0n) is 15.4. The van der Waals surface area contributed by atoms with Gasteiger partial charge in [0.05, 0.1) is 6.20 Å². The minimum atomic E-state index is -0.488. The third-order valence-corrected chi connectivity index (χ3v) is 5.15. The topological polar surface area (TPSA) is 58.7 Å². The Morgan fingerprint density at radius 3 is 2.64 bits per heavy atom. The number of piperidine rings is 1. The highest BCUT2D eigenvalue weighted by Gasteiger charge is 2.24. The van der Waals surface area contributed by atoms with Crippen molar-refractivity contribution in [3.05, 3.63) is 47.2 Å². The Hall–Kier alpha value is -1.85. The molecule has 1 atom stereocenters. The average Bonchev–Trinajstić information content (AvgIpc) is 3.13. The molecular formula is C20H28N2O3. The van der Waals surface area contributed by atoms with Crippen LogP contribution in [0.1, 0.15) is 41.3 Å². The van der Waals surface area contributed by atoms with Gasteiger partial charge in [0.25, 0.3) is 0 Å². The Balaban J connectivity index is 1.46. The normalized spacial score (nSPS) is 17.6. The van der Waals surface area contributed by atoms with Crippen molar-refractivity contribution < 1.29 is 14.3 Å². The van der Waals surface area contributed by atoms with Crippen molar-refractivity contribution in [3.63, 3.8) is 0 Å². The second kappa shape index (κ2) is 8.02. The predicted octanol–water partition coefficient (Wildman–Crippen LogP) is 3.22. The monoisotopic (exact) mass is 344 g/mol. The number of hydrogen-bond acceptors (Lipinski definition) is 5. The molecule has 5 heteroatoms. The van der Waals surface area contributed by atoms with Crippen molar-refractivity contribution in [2.75, 3.05) is 26.2 Å². The zero-order valence-corrected chi connectivity index (χ0v) is 15.4. The number of ether oxygens (including phenoxy) is 1. The van der Waals surface area contributed by atoms with E-state index in [2.05, 4.69) is 35.9 Å². The summed E-state index contributed by atoms with van der Waals surface area (Å²) in [6, 6.07) is 4.17. The summed E-state index contributed by atoms with van der Waals surface area (Å²) in [7, 11) is 0. The van der Waals surface area contributed by atoms with Gasteiger partial charge in [0.1, 0.15) is 24.7 Å². The average molecular weight is 344 g/mol. The first-order chi connectivity index (χ1) is 12.0. The Labute approximate surface area is 149 Å². The molecule has 136 valence electrons. The first-order valence-electron chi connectivity index (χ1n) is 9.04. The first kappa shape index (κ1) is 18.0. The van der Waals surface area contributed by atoms with E-state index in [1.54, 1.807) is 12.5 Å². The largest absolute Gasteiger partial charge is 0.490 e. The van der Waals surface area contributed by atoms with E-state index in [9.17, 15) is 5.11 Å². The zero-order chi connectivity index (χ0) is 17.8. The lowest BCUT2D eigenvalue weighted by Gasteiger charge is -2.32. The molecule has 1 aromatic carbocycles. The number of β-amino-alcohol motifs (C(OH)–C–C–N with tert-alkyl or cyclic N) is 1.